The summed E-state index contributed by atoms with van der Waals surface area (Å²) in [6.45, 7) is 6.49. The van der Waals surface area contributed by atoms with E-state index < -0.39 is 0 Å². The largest absolute Gasteiger partial charge is 0.298 e. The minimum absolute atomic E-state index is 0.00348. The summed E-state index contributed by atoms with van der Waals surface area (Å²) in [5, 5.41) is 9.71. The molecule has 0 aromatic carbocycles. The molecule has 0 atom stereocenters. The van der Waals surface area contributed by atoms with Gasteiger partial charge >= 0.3 is 0 Å². The molecule has 0 N–H and O–H groups in total. The Bertz CT molecular complexity index is 403. The summed E-state index contributed by atoms with van der Waals surface area (Å²) in [4.78, 5) is 0. The number of hydrogen-bond donors (Lipinski definition) is 0. The van der Waals surface area contributed by atoms with E-state index in [4.69, 9.17) is 11.6 Å². The third-order valence-corrected chi connectivity index (χ3v) is 5.06. The zero-order chi connectivity index (χ0) is 13.3. The highest BCUT2D eigenvalue weighted by Gasteiger charge is 2.30. The molecule has 1 aromatic rings. The number of aromatic nitrogens is 3. The molecule has 3 nitrogen and oxygen atoms in total. The van der Waals surface area contributed by atoms with Crippen LogP contribution in [0.1, 0.15) is 58.3 Å². The SMILES string of the molecule is CSC1CCC(n2c(Cl)nnc2C(C)(C)C)CC1. The summed E-state index contributed by atoms with van der Waals surface area (Å²) in [6, 6.07) is 0.477. The minimum Gasteiger partial charge on any atom is -0.298 e. The molecule has 0 aliphatic heterocycles. The van der Waals surface area contributed by atoms with Gasteiger partial charge in [-0.3, -0.25) is 4.57 Å². The molecule has 1 aromatic heterocycles. The Morgan fingerprint density at radius 1 is 1.17 bits per heavy atom. The first kappa shape index (κ1) is 14.2. The Balaban J connectivity index is 2.21. The standard InChI is InChI=1S/C13H22ClN3S/c1-13(2,3)11-15-16-12(14)17(11)9-5-7-10(18-4)8-6-9/h9-10H,5-8H2,1-4H3. The summed E-state index contributed by atoms with van der Waals surface area (Å²) in [5.41, 5.74) is -0.00348. The molecule has 1 fully saturated rings. The van der Waals surface area contributed by atoms with Crippen LogP contribution < -0.4 is 0 Å². The van der Waals surface area contributed by atoms with Crippen LogP contribution in [-0.4, -0.2) is 26.3 Å². The third-order valence-electron chi connectivity index (χ3n) is 3.67. The van der Waals surface area contributed by atoms with Gasteiger partial charge in [-0.15, -0.1) is 10.2 Å². The molecule has 5 heteroatoms. The maximum absolute atomic E-state index is 6.24. The number of thioether (sulfide) groups is 1. The van der Waals surface area contributed by atoms with E-state index in [1.807, 2.05) is 11.8 Å². The van der Waals surface area contributed by atoms with Gasteiger partial charge in [0.25, 0.3) is 0 Å². The Morgan fingerprint density at radius 2 is 1.78 bits per heavy atom. The van der Waals surface area contributed by atoms with Crippen molar-refractivity contribution >= 4 is 23.4 Å². The molecule has 1 aliphatic rings. The lowest BCUT2D eigenvalue weighted by Gasteiger charge is -2.31. The third kappa shape index (κ3) is 2.85. The van der Waals surface area contributed by atoms with Crippen molar-refractivity contribution < 1.29 is 0 Å². The monoisotopic (exact) mass is 287 g/mol. The lowest BCUT2D eigenvalue weighted by atomic mass is 9.91. The molecular weight excluding hydrogens is 266 g/mol. The van der Waals surface area contributed by atoms with Crippen LogP contribution in [-0.2, 0) is 5.41 Å². The lowest BCUT2D eigenvalue weighted by molar-refractivity contribution is 0.336. The van der Waals surface area contributed by atoms with E-state index in [1.54, 1.807) is 0 Å². The lowest BCUT2D eigenvalue weighted by Crippen LogP contribution is -2.25. The van der Waals surface area contributed by atoms with Crippen molar-refractivity contribution in [3.05, 3.63) is 11.1 Å². The van der Waals surface area contributed by atoms with Crippen LogP contribution in [0, 0.1) is 0 Å². The van der Waals surface area contributed by atoms with Crippen LogP contribution in [0.2, 0.25) is 5.28 Å². The predicted molar refractivity (Wildman–Crippen MR) is 78.5 cm³/mol. The van der Waals surface area contributed by atoms with E-state index in [9.17, 15) is 0 Å². The van der Waals surface area contributed by atoms with E-state index in [-0.39, 0.29) is 5.41 Å². The molecule has 1 aliphatic carbocycles. The van der Waals surface area contributed by atoms with Crippen molar-refractivity contribution in [2.45, 2.75) is 63.2 Å². The zero-order valence-electron chi connectivity index (χ0n) is 11.6. The summed E-state index contributed by atoms with van der Waals surface area (Å²) >= 11 is 8.22. The van der Waals surface area contributed by atoms with Crippen LogP contribution in [0.5, 0.6) is 0 Å². The fraction of sp³-hybridized carbons (Fsp3) is 0.846. The van der Waals surface area contributed by atoms with E-state index >= 15 is 0 Å². The highest BCUT2D eigenvalue weighted by atomic mass is 35.5. The number of halogens is 1. The van der Waals surface area contributed by atoms with Crippen LogP contribution in [0.15, 0.2) is 0 Å². The molecule has 18 heavy (non-hydrogen) atoms. The molecule has 0 saturated heterocycles. The maximum Gasteiger partial charge on any atom is 0.225 e. The van der Waals surface area contributed by atoms with Crippen LogP contribution in [0.25, 0.3) is 0 Å². The first-order valence-corrected chi connectivity index (χ1v) is 8.23. The normalized spacial score (nSPS) is 25.4. The Labute approximate surface area is 119 Å². The second-order valence-corrected chi connectivity index (χ2v) is 7.56. The summed E-state index contributed by atoms with van der Waals surface area (Å²) in [6.07, 6.45) is 7.11. The Morgan fingerprint density at radius 3 is 2.28 bits per heavy atom. The van der Waals surface area contributed by atoms with Gasteiger partial charge in [-0.05, 0) is 43.5 Å². The quantitative estimate of drug-likeness (QED) is 0.821. The molecule has 1 saturated carbocycles. The van der Waals surface area contributed by atoms with Crippen LogP contribution in [0.4, 0.5) is 0 Å². The summed E-state index contributed by atoms with van der Waals surface area (Å²) in [7, 11) is 0. The number of nitrogens with zero attached hydrogens (tertiary/aromatic N) is 3. The number of hydrogen-bond acceptors (Lipinski definition) is 3. The molecule has 0 amide bonds. The first-order chi connectivity index (χ1) is 8.43. The number of rotatable bonds is 2. The van der Waals surface area contributed by atoms with Gasteiger partial charge in [0.2, 0.25) is 5.28 Å². The van der Waals surface area contributed by atoms with Crippen molar-refractivity contribution in [1.29, 1.82) is 0 Å². The Kier molecular flexibility index (Phi) is 4.27. The molecular formula is C13H22ClN3S. The predicted octanol–water partition coefficient (Wildman–Crippen LogP) is 4.08. The molecule has 0 radical (unpaired) electrons. The second kappa shape index (κ2) is 5.41. The Hall–Kier alpha value is -0.220. The molecule has 0 unspecified atom stereocenters. The smallest absolute Gasteiger partial charge is 0.225 e. The molecule has 0 bridgehead atoms. The van der Waals surface area contributed by atoms with Crippen LogP contribution >= 0.6 is 23.4 Å². The van der Waals surface area contributed by atoms with Gasteiger partial charge in [-0.25, -0.2) is 0 Å². The summed E-state index contributed by atoms with van der Waals surface area (Å²) < 4.78 is 2.16. The van der Waals surface area contributed by atoms with Gasteiger partial charge in [-0.1, -0.05) is 20.8 Å². The van der Waals surface area contributed by atoms with Gasteiger partial charge in [0.15, 0.2) is 0 Å². The highest BCUT2D eigenvalue weighted by molar-refractivity contribution is 7.99. The van der Waals surface area contributed by atoms with Gasteiger partial charge in [0, 0.05) is 16.7 Å². The molecule has 0 spiro atoms. The zero-order valence-corrected chi connectivity index (χ0v) is 13.2. The van der Waals surface area contributed by atoms with Crippen molar-refractivity contribution in [2.24, 2.45) is 0 Å². The topological polar surface area (TPSA) is 30.7 Å². The minimum atomic E-state index is -0.00348. The van der Waals surface area contributed by atoms with E-state index in [0.29, 0.717) is 11.3 Å². The van der Waals surface area contributed by atoms with Crippen molar-refractivity contribution in [2.75, 3.05) is 6.26 Å². The first-order valence-electron chi connectivity index (χ1n) is 6.57. The van der Waals surface area contributed by atoms with Crippen molar-refractivity contribution in [3.8, 4) is 0 Å². The van der Waals surface area contributed by atoms with Crippen molar-refractivity contribution in [3.63, 3.8) is 0 Å². The van der Waals surface area contributed by atoms with Gasteiger partial charge < -0.3 is 0 Å². The van der Waals surface area contributed by atoms with Gasteiger partial charge in [-0.2, -0.15) is 11.8 Å². The average molecular weight is 288 g/mol. The summed E-state index contributed by atoms with van der Waals surface area (Å²) in [5.74, 6) is 1.01. The molecule has 1 heterocycles. The van der Waals surface area contributed by atoms with Gasteiger partial charge in [0.05, 0.1) is 0 Å². The highest BCUT2D eigenvalue weighted by Crippen LogP contribution is 2.37. The maximum atomic E-state index is 6.24. The second-order valence-electron chi connectivity index (χ2n) is 6.08. The van der Waals surface area contributed by atoms with E-state index in [1.165, 1.54) is 25.7 Å². The average Bonchev–Trinajstić information content (AvgIpc) is 2.71. The fourth-order valence-electron chi connectivity index (χ4n) is 2.65. The van der Waals surface area contributed by atoms with Crippen molar-refractivity contribution in [1.82, 2.24) is 14.8 Å². The fourth-order valence-corrected chi connectivity index (χ4v) is 3.65. The van der Waals surface area contributed by atoms with Crippen LogP contribution in [0.3, 0.4) is 0 Å². The van der Waals surface area contributed by atoms with E-state index in [2.05, 4.69) is 41.8 Å². The molecule has 102 valence electrons. The molecule has 2 rings (SSSR count). The van der Waals surface area contributed by atoms with E-state index in [0.717, 1.165) is 11.1 Å². The van der Waals surface area contributed by atoms with Gasteiger partial charge in [0.1, 0.15) is 5.82 Å².